The average Bonchev–Trinajstić information content (AvgIpc) is 3.21. The van der Waals surface area contributed by atoms with E-state index in [-0.39, 0.29) is 6.10 Å². The minimum atomic E-state index is 0.0610. The highest BCUT2D eigenvalue weighted by atomic mass is 16.5. The molecule has 156 valence electrons. The van der Waals surface area contributed by atoms with Crippen LogP contribution < -0.4 is 10.1 Å². The van der Waals surface area contributed by atoms with Crippen molar-refractivity contribution in [2.45, 2.75) is 57.8 Å². The summed E-state index contributed by atoms with van der Waals surface area (Å²) in [4.78, 5) is 6.76. The van der Waals surface area contributed by atoms with E-state index in [1.165, 1.54) is 12.0 Å². The Morgan fingerprint density at radius 2 is 2.14 bits per heavy atom. The van der Waals surface area contributed by atoms with Gasteiger partial charge in [0.15, 0.2) is 5.96 Å². The largest absolute Gasteiger partial charge is 0.489 e. The molecule has 1 N–H and O–H groups in total. The molecule has 0 aliphatic carbocycles. The van der Waals surface area contributed by atoms with Crippen LogP contribution in [0.2, 0.25) is 0 Å². The maximum absolute atomic E-state index is 6.07. The molecule has 0 aromatic heterocycles. The Balaban J connectivity index is 1.37. The standard InChI is InChI=1S/C22H35N3O3/c1-17-6-4-7-20(14-17)28-18(2)15-24-22(23-3)25-11-9-19(10-12-25)27-16-21-8-5-13-26-21/h4,6-7,14,18-19,21H,5,8-13,15-16H2,1-3H3,(H,23,24). The van der Waals surface area contributed by atoms with Gasteiger partial charge in [-0.1, -0.05) is 12.1 Å². The summed E-state index contributed by atoms with van der Waals surface area (Å²) in [7, 11) is 1.84. The van der Waals surface area contributed by atoms with Crippen LogP contribution in [0.4, 0.5) is 0 Å². The number of hydrogen-bond acceptors (Lipinski definition) is 4. The first-order valence-electron chi connectivity index (χ1n) is 10.6. The lowest BCUT2D eigenvalue weighted by Gasteiger charge is -2.34. The number of nitrogens with one attached hydrogen (secondary N) is 1. The van der Waals surface area contributed by atoms with Crippen molar-refractivity contribution in [2.75, 3.05) is 39.9 Å². The van der Waals surface area contributed by atoms with Crippen molar-refractivity contribution in [3.05, 3.63) is 29.8 Å². The van der Waals surface area contributed by atoms with Gasteiger partial charge < -0.3 is 24.4 Å². The van der Waals surface area contributed by atoms with Gasteiger partial charge >= 0.3 is 0 Å². The third-order valence-electron chi connectivity index (χ3n) is 5.37. The van der Waals surface area contributed by atoms with Gasteiger partial charge in [-0.3, -0.25) is 4.99 Å². The number of ether oxygens (including phenoxy) is 3. The summed E-state index contributed by atoms with van der Waals surface area (Å²) >= 11 is 0. The number of guanidine groups is 1. The van der Waals surface area contributed by atoms with Gasteiger partial charge in [0.25, 0.3) is 0 Å². The summed E-state index contributed by atoms with van der Waals surface area (Å²) in [5.41, 5.74) is 1.21. The van der Waals surface area contributed by atoms with Crippen molar-refractivity contribution >= 4 is 5.96 Å². The first-order valence-corrected chi connectivity index (χ1v) is 10.6. The molecule has 6 nitrogen and oxygen atoms in total. The zero-order valence-corrected chi connectivity index (χ0v) is 17.5. The predicted octanol–water partition coefficient (Wildman–Crippen LogP) is 3.00. The molecule has 1 aromatic rings. The Morgan fingerprint density at radius 1 is 1.32 bits per heavy atom. The summed E-state index contributed by atoms with van der Waals surface area (Å²) in [6.45, 7) is 8.42. The lowest BCUT2D eigenvalue weighted by Crippen LogP contribution is -2.49. The second-order valence-electron chi connectivity index (χ2n) is 7.83. The SMILES string of the molecule is CN=C(NCC(C)Oc1cccc(C)c1)N1CCC(OCC2CCCO2)CC1. The van der Waals surface area contributed by atoms with E-state index in [1.807, 2.05) is 19.2 Å². The molecule has 2 unspecified atom stereocenters. The predicted molar refractivity (Wildman–Crippen MR) is 112 cm³/mol. The van der Waals surface area contributed by atoms with E-state index in [9.17, 15) is 0 Å². The Bertz CT molecular complexity index is 623. The fourth-order valence-corrected chi connectivity index (χ4v) is 3.78. The van der Waals surface area contributed by atoms with Crippen LogP contribution in [0, 0.1) is 6.92 Å². The van der Waals surface area contributed by atoms with Crippen molar-refractivity contribution in [3.63, 3.8) is 0 Å². The van der Waals surface area contributed by atoms with E-state index in [4.69, 9.17) is 14.2 Å². The number of aryl methyl sites for hydroxylation is 1. The van der Waals surface area contributed by atoms with Crippen molar-refractivity contribution in [1.29, 1.82) is 0 Å². The third kappa shape index (κ3) is 6.38. The molecule has 2 heterocycles. The van der Waals surface area contributed by atoms with Gasteiger partial charge in [0.2, 0.25) is 0 Å². The summed E-state index contributed by atoms with van der Waals surface area (Å²) < 4.78 is 17.7. The minimum Gasteiger partial charge on any atom is -0.489 e. The fourth-order valence-electron chi connectivity index (χ4n) is 3.78. The molecule has 0 radical (unpaired) electrons. The maximum Gasteiger partial charge on any atom is 0.193 e. The Morgan fingerprint density at radius 3 is 2.82 bits per heavy atom. The zero-order valence-electron chi connectivity index (χ0n) is 17.5. The Kier molecular flexibility index (Phi) is 7.98. The summed E-state index contributed by atoms with van der Waals surface area (Å²) in [5.74, 6) is 1.85. The van der Waals surface area contributed by atoms with E-state index in [2.05, 4.69) is 41.2 Å². The molecular weight excluding hydrogens is 354 g/mol. The number of hydrogen-bond donors (Lipinski definition) is 1. The van der Waals surface area contributed by atoms with Crippen molar-refractivity contribution in [3.8, 4) is 5.75 Å². The van der Waals surface area contributed by atoms with Crippen LogP contribution in [-0.4, -0.2) is 69.1 Å². The van der Waals surface area contributed by atoms with Gasteiger partial charge in [0.1, 0.15) is 11.9 Å². The quantitative estimate of drug-likeness (QED) is 0.574. The van der Waals surface area contributed by atoms with Crippen LogP contribution >= 0.6 is 0 Å². The monoisotopic (exact) mass is 389 g/mol. The highest BCUT2D eigenvalue weighted by Crippen LogP contribution is 2.18. The van der Waals surface area contributed by atoms with Gasteiger partial charge in [-0.25, -0.2) is 0 Å². The van der Waals surface area contributed by atoms with Crippen molar-refractivity contribution in [2.24, 2.45) is 4.99 Å². The van der Waals surface area contributed by atoms with E-state index in [1.54, 1.807) is 0 Å². The molecule has 0 spiro atoms. The van der Waals surface area contributed by atoms with Crippen LogP contribution in [0.1, 0.15) is 38.2 Å². The van der Waals surface area contributed by atoms with E-state index in [0.717, 1.165) is 63.8 Å². The molecule has 1 aromatic carbocycles. The number of likely N-dealkylation sites (tertiary alicyclic amines) is 1. The minimum absolute atomic E-state index is 0.0610. The molecule has 2 aliphatic heterocycles. The Labute approximate surface area is 169 Å². The normalized spacial score (nSPS) is 22.3. The second kappa shape index (κ2) is 10.7. The molecule has 3 rings (SSSR count). The van der Waals surface area contributed by atoms with Gasteiger partial charge in [0.05, 0.1) is 25.4 Å². The van der Waals surface area contributed by atoms with E-state index in [0.29, 0.717) is 12.2 Å². The van der Waals surface area contributed by atoms with Gasteiger partial charge in [-0.15, -0.1) is 0 Å². The molecule has 28 heavy (non-hydrogen) atoms. The topological polar surface area (TPSA) is 55.3 Å². The van der Waals surface area contributed by atoms with E-state index >= 15 is 0 Å². The van der Waals surface area contributed by atoms with Crippen LogP contribution in [0.15, 0.2) is 29.3 Å². The van der Waals surface area contributed by atoms with E-state index < -0.39 is 0 Å². The third-order valence-corrected chi connectivity index (χ3v) is 5.37. The summed E-state index contributed by atoms with van der Waals surface area (Å²) in [6.07, 6.45) is 5.07. The Hall–Kier alpha value is -1.79. The summed E-state index contributed by atoms with van der Waals surface area (Å²) in [6, 6.07) is 8.16. The van der Waals surface area contributed by atoms with Crippen LogP contribution in [0.3, 0.4) is 0 Å². The summed E-state index contributed by atoms with van der Waals surface area (Å²) in [5, 5.41) is 3.46. The molecule has 0 bridgehead atoms. The molecule has 2 saturated heterocycles. The first-order chi connectivity index (χ1) is 13.6. The molecule has 0 saturated carbocycles. The highest BCUT2D eigenvalue weighted by Gasteiger charge is 2.24. The molecule has 2 atom stereocenters. The van der Waals surface area contributed by atoms with Gasteiger partial charge in [0, 0.05) is 26.7 Å². The second-order valence-corrected chi connectivity index (χ2v) is 7.83. The first kappa shape index (κ1) is 20.9. The lowest BCUT2D eigenvalue weighted by molar-refractivity contribution is -0.0367. The average molecular weight is 390 g/mol. The number of nitrogens with zero attached hydrogens (tertiary/aromatic N) is 2. The fraction of sp³-hybridized carbons (Fsp3) is 0.682. The van der Waals surface area contributed by atoms with Crippen LogP contribution in [-0.2, 0) is 9.47 Å². The molecule has 2 aliphatic rings. The van der Waals surface area contributed by atoms with Crippen LogP contribution in [0.25, 0.3) is 0 Å². The van der Waals surface area contributed by atoms with Crippen molar-refractivity contribution < 1.29 is 14.2 Å². The molecular formula is C22H35N3O3. The van der Waals surface area contributed by atoms with Gasteiger partial charge in [-0.2, -0.15) is 0 Å². The number of piperidine rings is 1. The zero-order chi connectivity index (χ0) is 19.8. The number of benzene rings is 1. The van der Waals surface area contributed by atoms with Crippen LogP contribution in [0.5, 0.6) is 5.75 Å². The molecule has 6 heteroatoms. The number of aliphatic imine (C=N–C) groups is 1. The smallest absolute Gasteiger partial charge is 0.193 e. The van der Waals surface area contributed by atoms with Gasteiger partial charge in [-0.05, 0) is 57.2 Å². The van der Waals surface area contributed by atoms with Crippen molar-refractivity contribution in [1.82, 2.24) is 10.2 Å². The lowest BCUT2D eigenvalue weighted by atomic mass is 10.1. The maximum atomic E-state index is 6.07. The molecule has 2 fully saturated rings. The molecule has 0 amide bonds. The highest BCUT2D eigenvalue weighted by molar-refractivity contribution is 5.80. The number of rotatable bonds is 7.